The van der Waals surface area contributed by atoms with Crippen molar-refractivity contribution in [1.82, 2.24) is 5.32 Å². The van der Waals surface area contributed by atoms with Gasteiger partial charge < -0.3 is 11.1 Å². The molecule has 0 aromatic heterocycles. The Morgan fingerprint density at radius 2 is 1.89 bits per heavy atom. The van der Waals surface area contributed by atoms with E-state index in [-0.39, 0.29) is 11.9 Å². The minimum Gasteiger partial charge on any atom is -0.348 e. The van der Waals surface area contributed by atoms with E-state index < -0.39 is 5.54 Å². The summed E-state index contributed by atoms with van der Waals surface area (Å²) in [7, 11) is 0. The summed E-state index contributed by atoms with van der Waals surface area (Å²) in [5.41, 5.74) is 7.51. The highest BCUT2D eigenvalue weighted by Crippen LogP contribution is 2.18. The highest BCUT2D eigenvalue weighted by atomic mass is 16.2. The smallest absolute Gasteiger partial charge is 0.240 e. The molecule has 0 aliphatic rings. The van der Waals surface area contributed by atoms with E-state index >= 15 is 0 Å². The SMILES string of the molecule is CCC(NC(=O)C(C)(N)CC)c1ccc(C)cc1. The topological polar surface area (TPSA) is 55.1 Å². The number of hydrogen-bond donors (Lipinski definition) is 2. The van der Waals surface area contributed by atoms with Crippen LogP contribution in [0, 0.1) is 6.92 Å². The van der Waals surface area contributed by atoms with Gasteiger partial charge in [0.15, 0.2) is 0 Å². The van der Waals surface area contributed by atoms with Crippen LogP contribution >= 0.6 is 0 Å². The maximum atomic E-state index is 12.1. The quantitative estimate of drug-likeness (QED) is 0.841. The molecule has 0 fully saturated rings. The Balaban J connectivity index is 2.80. The number of aryl methyl sites for hydroxylation is 1. The molecule has 0 heterocycles. The summed E-state index contributed by atoms with van der Waals surface area (Å²) in [4.78, 5) is 12.1. The molecule has 0 saturated carbocycles. The van der Waals surface area contributed by atoms with Crippen LogP contribution in [0.5, 0.6) is 0 Å². The Labute approximate surface area is 110 Å². The van der Waals surface area contributed by atoms with Crippen molar-refractivity contribution in [2.24, 2.45) is 5.73 Å². The zero-order valence-electron chi connectivity index (χ0n) is 11.8. The van der Waals surface area contributed by atoms with Gasteiger partial charge in [-0.15, -0.1) is 0 Å². The molecule has 100 valence electrons. The van der Waals surface area contributed by atoms with E-state index in [1.807, 2.05) is 6.92 Å². The summed E-state index contributed by atoms with van der Waals surface area (Å²) in [6.45, 7) is 7.80. The zero-order valence-corrected chi connectivity index (χ0v) is 11.8. The predicted octanol–water partition coefficient (Wildman–Crippen LogP) is 2.69. The molecule has 2 atom stereocenters. The highest BCUT2D eigenvalue weighted by molar-refractivity contribution is 5.85. The first-order chi connectivity index (χ1) is 8.40. The summed E-state index contributed by atoms with van der Waals surface area (Å²) in [6, 6.07) is 8.28. The number of nitrogens with one attached hydrogen (secondary N) is 1. The molecular formula is C15H24N2O. The standard InChI is InChI=1S/C15H24N2O/c1-5-13(12-9-7-11(3)8-10-12)17-14(18)15(4,16)6-2/h7-10,13H,5-6,16H2,1-4H3,(H,17,18). The van der Waals surface area contributed by atoms with Crippen molar-refractivity contribution < 1.29 is 4.79 Å². The van der Waals surface area contributed by atoms with Crippen molar-refractivity contribution in [3.05, 3.63) is 35.4 Å². The van der Waals surface area contributed by atoms with Gasteiger partial charge >= 0.3 is 0 Å². The molecule has 18 heavy (non-hydrogen) atoms. The van der Waals surface area contributed by atoms with E-state index in [9.17, 15) is 4.79 Å². The van der Waals surface area contributed by atoms with Gasteiger partial charge in [-0.1, -0.05) is 43.7 Å². The fraction of sp³-hybridized carbons (Fsp3) is 0.533. The molecule has 1 rings (SSSR count). The van der Waals surface area contributed by atoms with Crippen molar-refractivity contribution in [3.63, 3.8) is 0 Å². The summed E-state index contributed by atoms with van der Waals surface area (Å²) in [6.07, 6.45) is 1.48. The van der Waals surface area contributed by atoms with Crippen LogP contribution in [0.25, 0.3) is 0 Å². The first kappa shape index (κ1) is 14.7. The van der Waals surface area contributed by atoms with Gasteiger partial charge in [0.1, 0.15) is 0 Å². The third-order valence-corrected chi connectivity index (χ3v) is 3.45. The Bertz CT molecular complexity index is 395. The number of hydrogen-bond acceptors (Lipinski definition) is 2. The molecule has 0 bridgehead atoms. The number of carbonyl (C=O) groups excluding carboxylic acids is 1. The molecule has 1 aromatic rings. The van der Waals surface area contributed by atoms with Crippen LogP contribution < -0.4 is 11.1 Å². The Kier molecular flexibility index (Phi) is 4.91. The van der Waals surface area contributed by atoms with E-state index in [1.165, 1.54) is 5.56 Å². The lowest BCUT2D eigenvalue weighted by atomic mass is 9.97. The van der Waals surface area contributed by atoms with E-state index in [4.69, 9.17) is 5.73 Å². The molecule has 3 heteroatoms. The molecule has 3 N–H and O–H groups in total. The molecule has 0 spiro atoms. The van der Waals surface area contributed by atoms with Gasteiger partial charge in [0.2, 0.25) is 5.91 Å². The number of benzene rings is 1. The summed E-state index contributed by atoms with van der Waals surface area (Å²) in [5, 5.41) is 3.03. The minimum atomic E-state index is -0.794. The monoisotopic (exact) mass is 248 g/mol. The molecule has 1 aromatic carbocycles. The lowest BCUT2D eigenvalue weighted by Gasteiger charge is -2.26. The van der Waals surface area contributed by atoms with E-state index in [0.29, 0.717) is 6.42 Å². The second-order valence-electron chi connectivity index (χ2n) is 5.12. The number of nitrogens with two attached hydrogens (primary N) is 1. The van der Waals surface area contributed by atoms with Gasteiger partial charge in [0.05, 0.1) is 11.6 Å². The minimum absolute atomic E-state index is 0.0347. The molecule has 0 aliphatic carbocycles. The van der Waals surface area contributed by atoms with Crippen LogP contribution in [-0.2, 0) is 4.79 Å². The van der Waals surface area contributed by atoms with E-state index in [1.54, 1.807) is 6.92 Å². The summed E-state index contributed by atoms with van der Waals surface area (Å²) < 4.78 is 0. The Morgan fingerprint density at radius 1 is 1.33 bits per heavy atom. The van der Waals surface area contributed by atoms with Gasteiger partial charge in [0.25, 0.3) is 0 Å². The van der Waals surface area contributed by atoms with Crippen molar-refractivity contribution in [2.45, 2.75) is 52.1 Å². The van der Waals surface area contributed by atoms with Crippen LogP contribution in [-0.4, -0.2) is 11.4 Å². The average Bonchev–Trinajstić information content (AvgIpc) is 2.36. The second-order valence-corrected chi connectivity index (χ2v) is 5.12. The average molecular weight is 248 g/mol. The van der Waals surface area contributed by atoms with Crippen LogP contribution in [0.3, 0.4) is 0 Å². The summed E-state index contributed by atoms with van der Waals surface area (Å²) >= 11 is 0. The number of rotatable bonds is 5. The molecule has 3 nitrogen and oxygen atoms in total. The van der Waals surface area contributed by atoms with Crippen molar-refractivity contribution >= 4 is 5.91 Å². The third-order valence-electron chi connectivity index (χ3n) is 3.45. The van der Waals surface area contributed by atoms with Crippen molar-refractivity contribution in [2.75, 3.05) is 0 Å². The zero-order chi connectivity index (χ0) is 13.8. The molecule has 0 saturated heterocycles. The van der Waals surface area contributed by atoms with Gasteiger partial charge in [-0.25, -0.2) is 0 Å². The lowest BCUT2D eigenvalue weighted by Crippen LogP contribution is -2.51. The van der Waals surface area contributed by atoms with Gasteiger partial charge in [0, 0.05) is 0 Å². The van der Waals surface area contributed by atoms with Gasteiger partial charge in [-0.3, -0.25) is 4.79 Å². The Morgan fingerprint density at radius 3 is 2.33 bits per heavy atom. The third kappa shape index (κ3) is 3.57. The lowest BCUT2D eigenvalue weighted by molar-refractivity contribution is -0.126. The summed E-state index contributed by atoms with van der Waals surface area (Å²) in [5.74, 6) is -0.0857. The molecule has 1 amide bonds. The number of carbonyl (C=O) groups is 1. The highest BCUT2D eigenvalue weighted by Gasteiger charge is 2.27. The van der Waals surface area contributed by atoms with E-state index in [0.717, 1.165) is 12.0 Å². The number of amides is 1. The second kappa shape index (κ2) is 6.01. The largest absolute Gasteiger partial charge is 0.348 e. The predicted molar refractivity (Wildman–Crippen MR) is 75.2 cm³/mol. The van der Waals surface area contributed by atoms with E-state index in [2.05, 4.69) is 43.4 Å². The first-order valence-electron chi connectivity index (χ1n) is 6.57. The van der Waals surface area contributed by atoms with Crippen LogP contribution in [0.15, 0.2) is 24.3 Å². The van der Waals surface area contributed by atoms with Crippen LogP contribution in [0.1, 0.15) is 50.8 Å². The Hall–Kier alpha value is -1.35. The van der Waals surface area contributed by atoms with Gasteiger partial charge in [-0.05, 0) is 32.3 Å². The fourth-order valence-electron chi connectivity index (χ4n) is 1.70. The van der Waals surface area contributed by atoms with Crippen molar-refractivity contribution in [3.8, 4) is 0 Å². The van der Waals surface area contributed by atoms with Crippen LogP contribution in [0.4, 0.5) is 0 Å². The van der Waals surface area contributed by atoms with Crippen LogP contribution in [0.2, 0.25) is 0 Å². The molecular weight excluding hydrogens is 224 g/mol. The fourth-order valence-corrected chi connectivity index (χ4v) is 1.70. The molecule has 2 unspecified atom stereocenters. The van der Waals surface area contributed by atoms with Crippen molar-refractivity contribution in [1.29, 1.82) is 0 Å². The maximum Gasteiger partial charge on any atom is 0.240 e. The molecule has 0 aliphatic heterocycles. The normalized spacial score (nSPS) is 15.8. The van der Waals surface area contributed by atoms with Gasteiger partial charge in [-0.2, -0.15) is 0 Å². The maximum absolute atomic E-state index is 12.1. The molecule has 0 radical (unpaired) electrons. The first-order valence-corrected chi connectivity index (χ1v) is 6.57.